The van der Waals surface area contributed by atoms with Gasteiger partial charge in [0, 0.05) is 23.5 Å². The molecule has 1 N–H and O–H groups in total. The number of hydrogen-bond donors (Lipinski definition) is 1. The first kappa shape index (κ1) is 19.3. The van der Waals surface area contributed by atoms with Crippen LogP contribution in [0.4, 0.5) is 10.3 Å². The van der Waals surface area contributed by atoms with E-state index in [2.05, 4.69) is 9.97 Å². The van der Waals surface area contributed by atoms with Gasteiger partial charge in [0.25, 0.3) is 5.78 Å². The van der Waals surface area contributed by atoms with Gasteiger partial charge in [-0.1, -0.05) is 18.2 Å². The summed E-state index contributed by atoms with van der Waals surface area (Å²) in [6, 6.07) is 12.3. The Hall–Kier alpha value is -4.07. The average molecular weight is 405 g/mol. The Morgan fingerprint density at radius 2 is 1.70 bits per heavy atom. The quantitative estimate of drug-likeness (QED) is 0.407. The maximum Gasteiger partial charge on any atom is 0.302 e. The molecule has 2 aromatic carbocycles. The first-order valence-corrected chi connectivity index (χ1v) is 8.99. The molecule has 4 rings (SSSR count). The number of carbonyl (C=O) groups excluding carboxylic acids is 2. The molecule has 1 aliphatic rings. The summed E-state index contributed by atoms with van der Waals surface area (Å²) in [5, 5.41) is 10.9. The van der Waals surface area contributed by atoms with Crippen molar-refractivity contribution in [3.05, 3.63) is 89.5 Å². The minimum atomic E-state index is -1.23. The molecule has 0 saturated carbocycles. The van der Waals surface area contributed by atoms with Gasteiger partial charge in [0.15, 0.2) is 0 Å². The first-order chi connectivity index (χ1) is 14.5. The molecule has 1 fully saturated rings. The van der Waals surface area contributed by atoms with Gasteiger partial charge in [-0.15, -0.1) is 0 Å². The van der Waals surface area contributed by atoms with Crippen molar-refractivity contribution in [3.8, 4) is 5.75 Å². The number of hydrogen-bond acceptors (Lipinski definition) is 6. The van der Waals surface area contributed by atoms with Crippen molar-refractivity contribution in [2.24, 2.45) is 0 Å². The van der Waals surface area contributed by atoms with E-state index in [9.17, 15) is 19.1 Å². The predicted molar refractivity (Wildman–Crippen MR) is 106 cm³/mol. The second kappa shape index (κ2) is 7.75. The number of halogens is 1. The van der Waals surface area contributed by atoms with E-state index in [0.717, 1.165) is 4.90 Å². The van der Waals surface area contributed by atoms with E-state index in [1.165, 1.54) is 37.7 Å². The van der Waals surface area contributed by atoms with Crippen molar-refractivity contribution in [1.29, 1.82) is 0 Å². The van der Waals surface area contributed by atoms with Gasteiger partial charge in [0.2, 0.25) is 5.95 Å². The lowest BCUT2D eigenvalue weighted by atomic mass is 9.95. The lowest BCUT2D eigenvalue weighted by Crippen LogP contribution is -2.31. The number of anilines is 1. The van der Waals surface area contributed by atoms with E-state index in [0.29, 0.717) is 5.75 Å². The summed E-state index contributed by atoms with van der Waals surface area (Å²) in [5.74, 6) is -2.49. The maximum absolute atomic E-state index is 14.7. The summed E-state index contributed by atoms with van der Waals surface area (Å²) in [7, 11) is 1.50. The molecule has 150 valence electrons. The number of aromatic nitrogens is 2. The van der Waals surface area contributed by atoms with Crippen molar-refractivity contribution in [2.45, 2.75) is 6.04 Å². The van der Waals surface area contributed by atoms with E-state index < -0.39 is 29.3 Å². The van der Waals surface area contributed by atoms with Crippen LogP contribution in [0.2, 0.25) is 0 Å². The van der Waals surface area contributed by atoms with Gasteiger partial charge in [-0.3, -0.25) is 14.5 Å². The van der Waals surface area contributed by atoms with Gasteiger partial charge in [-0.05, 0) is 36.4 Å². The van der Waals surface area contributed by atoms with Crippen LogP contribution in [0, 0.1) is 5.82 Å². The number of Topliss-reactive ketones (excluding diaryl/α,β-unsaturated/α-hetero) is 1. The van der Waals surface area contributed by atoms with Crippen LogP contribution in [0.1, 0.15) is 17.2 Å². The van der Waals surface area contributed by atoms with Gasteiger partial charge < -0.3 is 9.84 Å². The molecule has 1 aliphatic heterocycles. The zero-order valence-electron chi connectivity index (χ0n) is 15.8. The molecule has 0 bridgehead atoms. The summed E-state index contributed by atoms with van der Waals surface area (Å²) < 4.78 is 19.8. The van der Waals surface area contributed by atoms with Crippen LogP contribution in [0.5, 0.6) is 5.75 Å². The number of aliphatic hydroxyl groups is 1. The fourth-order valence-corrected chi connectivity index (χ4v) is 3.35. The zero-order chi connectivity index (χ0) is 21.3. The van der Waals surface area contributed by atoms with Crippen molar-refractivity contribution in [1.82, 2.24) is 9.97 Å². The molecule has 1 saturated heterocycles. The van der Waals surface area contributed by atoms with Crippen LogP contribution < -0.4 is 9.64 Å². The topological polar surface area (TPSA) is 92.6 Å². The van der Waals surface area contributed by atoms with E-state index in [-0.39, 0.29) is 22.6 Å². The van der Waals surface area contributed by atoms with Crippen molar-refractivity contribution < 1.29 is 23.8 Å². The van der Waals surface area contributed by atoms with E-state index >= 15 is 0 Å². The van der Waals surface area contributed by atoms with Crippen LogP contribution in [-0.2, 0) is 9.59 Å². The standard InChI is InChI=1S/C22H16FN3O4/c1-30-14-9-7-13(8-10-14)19(27)17-18(15-5-2-3-6-16(15)23)26(21(29)20(17)28)22-24-11-4-12-25-22/h2-12,18,27H,1H3/b19-17+/t18-/m1/s1. The summed E-state index contributed by atoms with van der Waals surface area (Å²) in [5.41, 5.74) is 0.0750. The van der Waals surface area contributed by atoms with E-state index in [1.807, 2.05) is 0 Å². The van der Waals surface area contributed by atoms with Crippen molar-refractivity contribution in [3.63, 3.8) is 0 Å². The third-order valence-corrected chi connectivity index (χ3v) is 4.78. The monoisotopic (exact) mass is 405 g/mol. The van der Waals surface area contributed by atoms with Gasteiger partial charge in [0.1, 0.15) is 23.4 Å². The fraction of sp³-hybridized carbons (Fsp3) is 0.0909. The molecule has 1 atom stereocenters. The first-order valence-electron chi connectivity index (χ1n) is 8.99. The molecule has 0 unspecified atom stereocenters. The van der Waals surface area contributed by atoms with Gasteiger partial charge in [-0.2, -0.15) is 0 Å². The number of ether oxygens (including phenoxy) is 1. The molecule has 2 heterocycles. The Kier molecular flexibility index (Phi) is 4.97. The molecular weight excluding hydrogens is 389 g/mol. The highest BCUT2D eigenvalue weighted by Crippen LogP contribution is 2.41. The summed E-state index contributed by atoms with van der Waals surface area (Å²) in [6.45, 7) is 0. The number of aliphatic hydroxyl groups excluding tert-OH is 1. The fourth-order valence-electron chi connectivity index (χ4n) is 3.35. The molecule has 1 aromatic heterocycles. The molecule has 0 aliphatic carbocycles. The highest BCUT2D eigenvalue weighted by Gasteiger charge is 2.48. The maximum atomic E-state index is 14.7. The average Bonchev–Trinajstić information content (AvgIpc) is 3.04. The predicted octanol–water partition coefficient (Wildman–Crippen LogP) is 3.25. The van der Waals surface area contributed by atoms with Gasteiger partial charge >= 0.3 is 5.91 Å². The number of amides is 1. The second-order valence-corrected chi connectivity index (χ2v) is 6.47. The lowest BCUT2D eigenvalue weighted by molar-refractivity contribution is -0.132. The molecule has 1 amide bonds. The number of nitrogens with zero attached hydrogens (tertiary/aromatic N) is 3. The summed E-state index contributed by atoms with van der Waals surface area (Å²) >= 11 is 0. The number of benzene rings is 2. The zero-order valence-corrected chi connectivity index (χ0v) is 15.8. The van der Waals surface area contributed by atoms with E-state index in [4.69, 9.17) is 4.74 Å². The number of ketones is 1. The highest BCUT2D eigenvalue weighted by atomic mass is 19.1. The Morgan fingerprint density at radius 1 is 1.03 bits per heavy atom. The van der Waals surface area contributed by atoms with E-state index in [1.54, 1.807) is 36.4 Å². The number of rotatable bonds is 4. The summed E-state index contributed by atoms with van der Waals surface area (Å²) in [4.78, 5) is 34.8. The lowest BCUT2D eigenvalue weighted by Gasteiger charge is -2.23. The Morgan fingerprint density at radius 3 is 2.33 bits per heavy atom. The Balaban J connectivity index is 1.94. The van der Waals surface area contributed by atoms with Crippen molar-refractivity contribution in [2.75, 3.05) is 12.0 Å². The normalized spacial score (nSPS) is 17.9. The minimum absolute atomic E-state index is 0.0409. The van der Waals surface area contributed by atoms with Crippen LogP contribution in [0.25, 0.3) is 5.76 Å². The Bertz CT molecular complexity index is 1150. The molecular formula is C22H16FN3O4. The molecule has 0 spiro atoms. The van der Waals surface area contributed by atoms with Gasteiger partial charge in [-0.25, -0.2) is 14.4 Å². The second-order valence-electron chi connectivity index (χ2n) is 6.47. The largest absolute Gasteiger partial charge is 0.507 e. The third-order valence-electron chi connectivity index (χ3n) is 4.78. The molecule has 30 heavy (non-hydrogen) atoms. The molecule has 8 heteroatoms. The third kappa shape index (κ3) is 3.18. The summed E-state index contributed by atoms with van der Waals surface area (Å²) in [6.07, 6.45) is 2.81. The van der Waals surface area contributed by atoms with Crippen LogP contribution >= 0.6 is 0 Å². The van der Waals surface area contributed by atoms with Crippen LogP contribution in [0.3, 0.4) is 0 Å². The number of carbonyl (C=O) groups is 2. The van der Waals surface area contributed by atoms with Crippen LogP contribution in [0.15, 0.2) is 72.6 Å². The minimum Gasteiger partial charge on any atom is -0.507 e. The van der Waals surface area contributed by atoms with Crippen LogP contribution in [-0.4, -0.2) is 33.9 Å². The molecule has 3 aromatic rings. The SMILES string of the molecule is COc1ccc(/C(O)=C2\C(=O)C(=O)N(c3ncccn3)[C@@H]2c2ccccc2F)cc1. The highest BCUT2D eigenvalue weighted by molar-refractivity contribution is 6.51. The Labute approximate surface area is 171 Å². The smallest absolute Gasteiger partial charge is 0.302 e. The van der Waals surface area contributed by atoms with Gasteiger partial charge in [0.05, 0.1) is 12.7 Å². The molecule has 7 nitrogen and oxygen atoms in total. The number of methoxy groups -OCH3 is 1. The van der Waals surface area contributed by atoms with Crippen molar-refractivity contribution >= 4 is 23.4 Å². The molecule has 0 radical (unpaired) electrons.